The van der Waals surface area contributed by atoms with Crippen LogP contribution in [0.15, 0.2) is 119 Å². The first-order valence-electron chi connectivity index (χ1n) is 11.4. The van der Waals surface area contributed by atoms with Crippen molar-refractivity contribution in [3.8, 4) is 0 Å². The molecule has 0 aliphatic carbocycles. The summed E-state index contributed by atoms with van der Waals surface area (Å²) >= 11 is 0. The second-order valence-electron chi connectivity index (χ2n) is 8.31. The highest BCUT2D eigenvalue weighted by Gasteiger charge is 2.35. The molecule has 1 aromatic heterocycles. The Morgan fingerprint density at radius 1 is 0.559 bits per heavy atom. The molecule has 5 nitrogen and oxygen atoms in total. The lowest BCUT2D eigenvalue weighted by Crippen LogP contribution is -2.12. The van der Waals surface area contributed by atoms with Crippen LogP contribution >= 0.6 is 0 Å². The maximum atomic E-state index is 6.42. The molecule has 0 saturated heterocycles. The monoisotopic (exact) mass is 445 g/mol. The number of nitrogens with zero attached hydrogens (tertiary/aromatic N) is 3. The van der Waals surface area contributed by atoms with Gasteiger partial charge in [-0.1, -0.05) is 97.1 Å². The molecule has 0 saturated carbocycles. The zero-order valence-corrected chi connectivity index (χ0v) is 18.5. The van der Waals surface area contributed by atoms with Gasteiger partial charge in [0.25, 0.3) is 0 Å². The predicted octanol–water partition coefficient (Wildman–Crippen LogP) is 5.86. The first kappa shape index (κ1) is 20.4. The van der Waals surface area contributed by atoms with Crippen molar-refractivity contribution >= 4 is 11.8 Å². The van der Waals surface area contributed by atoms with Gasteiger partial charge in [0.2, 0.25) is 11.8 Å². The molecular formula is C29H23N3O2. The van der Waals surface area contributed by atoms with Gasteiger partial charge in [-0.15, -0.1) is 0 Å². The Balaban J connectivity index is 1.29. The lowest BCUT2D eigenvalue weighted by molar-refractivity contribution is 0.196. The molecule has 34 heavy (non-hydrogen) atoms. The van der Waals surface area contributed by atoms with Crippen molar-refractivity contribution in [2.45, 2.75) is 18.2 Å². The molecule has 0 amide bonds. The Morgan fingerprint density at radius 3 is 1.82 bits per heavy atom. The first-order valence-corrected chi connectivity index (χ1v) is 11.4. The quantitative estimate of drug-likeness (QED) is 0.387. The second-order valence-corrected chi connectivity index (χ2v) is 8.31. The molecule has 2 aliphatic heterocycles. The number of pyridine rings is 1. The smallest absolute Gasteiger partial charge is 0.236 e. The summed E-state index contributed by atoms with van der Waals surface area (Å²) in [6.45, 7) is 0.578. The van der Waals surface area contributed by atoms with Crippen LogP contribution in [-0.4, -0.2) is 23.3 Å². The highest BCUT2D eigenvalue weighted by molar-refractivity contribution is 5.97. The molecule has 2 aliphatic rings. The van der Waals surface area contributed by atoms with Crippen LogP contribution in [0.1, 0.15) is 46.3 Å². The van der Waals surface area contributed by atoms with E-state index in [0.29, 0.717) is 29.7 Å². The lowest BCUT2D eigenvalue weighted by Gasteiger charge is -2.18. The van der Waals surface area contributed by atoms with E-state index in [1.807, 2.05) is 72.8 Å². The summed E-state index contributed by atoms with van der Waals surface area (Å²) in [7, 11) is 0. The minimum atomic E-state index is -0.216. The zero-order valence-electron chi connectivity index (χ0n) is 18.5. The van der Waals surface area contributed by atoms with E-state index in [2.05, 4.69) is 41.4 Å². The van der Waals surface area contributed by atoms with Gasteiger partial charge in [-0.05, 0) is 28.8 Å². The Hall–Kier alpha value is -4.25. The van der Waals surface area contributed by atoms with Crippen LogP contribution in [0.2, 0.25) is 0 Å². The van der Waals surface area contributed by atoms with Crippen LogP contribution in [0.5, 0.6) is 0 Å². The molecule has 0 bridgehead atoms. The van der Waals surface area contributed by atoms with Crippen LogP contribution < -0.4 is 0 Å². The fourth-order valence-electron chi connectivity index (χ4n) is 4.36. The van der Waals surface area contributed by atoms with E-state index in [1.165, 1.54) is 0 Å². The fraction of sp³-hybridized carbons (Fsp3) is 0.138. The third-order valence-electron chi connectivity index (χ3n) is 6.06. The Kier molecular flexibility index (Phi) is 5.36. The molecule has 0 unspecified atom stereocenters. The molecule has 0 spiro atoms. The molecular weight excluding hydrogens is 422 g/mol. The SMILES string of the molecule is c1ccc([C@@H]2CN=C(c3cccc(C4=N[C@@H](c5ccccc5)[C@@H](c5ccccc5)O4)n3)O2)cc1. The van der Waals surface area contributed by atoms with Gasteiger partial charge in [0.05, 0.1) is 6.54 Å². The Labute approximate surface area is 198 Å². The summed E-state index contributed by atoms with van der Waals surface area (Å²) in [6, 6.07) is 36.2. The van der Waals surface area contributed by atoms with Crippen LogP contribution in [0.3, 0.4) is 0 Å². The summed E-state index contributed by atoms with van der Waals surface area (Å²) < 4.78 is 12.6. The van der Waals surface area contributed by atoms with Gasteiger partial charge in [-0.3, -0.25) is 0 Å². The molecule has 0 N–H and O–H groups in total. The van der Waals surface area contributed by atoms with Crippen molar-refractivity contribution < 1.29 is 9.47 Å². The Bertz CT molecular complexity index is 1340. The molecule has 0 radical (unpaired) electrons. The van der Waals surface area contributed by atoms with Gasteiger partial charge in [-0.25, -0.2) is 15.0 Å². The highest BCUT2D eigenvalue weighted by Crippen LogP contribution is 2.40. The van der Waals surface area contributed by atoms with Crippen molar-refractivity contribution in [2.75, 3.05) is 6.54 Å². The topological polar surface area (TPSA) is 56.1 Å². The maximum absolute atomic E-state index is 6.42. The molecule has 6 rings (SSSR count). The van der Waals surface area contributed by atoms with Crippen LogP contribution in [0.25, 0.3) is 0 Å². The highest BCUT2D eigenvalue weighted by atomic mass is 16.5. The average Bonchev–Trinajstić information content (AvgIpc) is 3.59. The lowest BCUT2D eigenvalue weighted by atomic mass is 9.97. The largest absolute Gasteiger partial charge is 0.466 e. The minimum absolute atomic E-state index is 0.0911. The summed E-state index contributed by atoms with van der Waals surface area (Å²) in [6.07, 6.45) is -0.307. The van der Waals surface area contributed by atoms with Gasteiger partial charge in [0.15, 0.2) is 6.10 Å². The predicted molar refractivity (Wildman–Crippen MR) is 132 cm³/mol. The van der Waals surface area contributed by atoms with E-state index in [4.69, 9.17) is 19.5 Å². The number of aliphatic imine (C=N–C) groups is 2. The van der Waals surface area contributed by atoms with Crippen LogP contribution in [-0.2, 0) is 9.47 Å². The fourth-order valence-corrected chi connectivity index (χ4v) is 4.36. The van der Waals surface area contributed by atoms with Crippen molar-refractivity contribution in [3.05, 3.63) is 137 Å². The van der Waals surface area contributed by atoms with E-state index >= 15 is 0 Å². The summed E-state index contributed by atoms with van der Waals surface area (Å²) in [5.74, 6) is 1.08. The number of ether oxygens (including phenoxy) is 2. The average molecular weight is 446 g/mol. The first-order chi connectivity index (χ1) is 16.8. The molecule has 3 heterocycles. The Morgan fingerprint density at radius 2 is 1.15 bits per heavy atom. The van der Waals surface area contributed by atoms with E-state index in [0.717, 1.165) is 16.7 Å². The van der Waals surface area contributed by atoms with Crippen LogP contribution in [0, 0.1) is 0 Å². The van der Waals surface area contributed by atoms with E-state index in [-0.39, 0.29) is 18.2 Å². The van der Waals surface area contributed by atoms with E-state index < -0.39 is 0 Å². The van der Waals surface area contributed by atoms with Gasteiger partial charge in [0, 0.05) is 0 Å². The number of hydrogen-bond donors (Lipinski definition) is 0. The third-order valence-corrected chi connectivity index (χ3v) is 6.06. The molecule has 166 valence electrons. The second kappa shape index (κ2) is 8.94. The standard InChI is InChI=1S/C29H23N3O2/c1-4-11-20(12-5-1)25-19-30-28(33-25)23-17-10-18-24(31-23)29-32-26(21-13-6-2-7-14-21)27(34-29)22-15-8-3-9-16-22/h1-18,25-27H,19H2/t25-,26-,27+/m0/s1. The maximum Gasteiger partial charge on any atom is 0.236 e. The molecule has 3 aromatic carbocycles. The number of benzene rings is 3. The molecule has 0 fully saturated rings. The summed E-state index contributed by atoms with van der Waals surface area (Å²) in [5, 5.41) is 0. The van der Waals surface area contributed by atoms with Gasteiger partial charge in [-0.2, -0.15) is 0 Å². The number of rotatable bonds is 5. The van der Waals surface area contributed by atoms with Gasteiger partial charge < -0.3 is 9.47 Å². The minimum Gasteiger partial charge on any atom is -0.466 e. The molecule has 4 aromatic rings. The van der Waals surface area contributed by atoms with Crippen molar-refractivity contribution in [1.29, 1.82) is 0 Å². The van der Waals surface area contributed by atoms with Gasteiger partial charge in [0.1, 0.15) is 23.5 Å². The summed E-state index contributed by atoms with van der Waals surface area (Å²) in [5.41, 5.74) is 4.66. The van der Waals surface area contributed by atoms with Crippen LogP contribution in [0.4, 0.5) is 0 Å². The zero-order chi connectivity index (χ0) is 22.7. The summed E-state index contributed by atoms with van der Waals surface area (Å²) in [4.78, 5) is 14.4. The number of hydrogen-bond acceptors (Lipinski definition) is 5. The van der Waals surface area contributed by atoms with Gasteiger partial charge >= 0.3 is 0 Å². The van der Waals surface area contributed by atoms with Crippen molar-refractivity contribution in [3.63, 3.8) is 0 Å². The molecule has 5 heteroatoms. The van der Waals surface area contributed by atoms with E-state index in [1.54, 1.807) is 0 Å². The third kappa shape index (κ3) is 3.97. The number of aromatic nitrogens is 1. The van der Waals surface area contributed by atoms with Crippen molar-refractivity contribution in [2.24, 2.45) is 9.98 Å². The molecule has 3 atom stereocenters. The normalized spacial score (nSPS) is 21.4. The van der Waals surface area contributed by atoms with Crippen molar-refractivity contribution in [1.82, 2.24) is 4.98 Å². The van der Waals surface area contributed by atoms with E-state index in [9.17, 15) is 0 Å².